The van der Waals surface area contributed by atoms with Crippen molar-refractivity contribution in [1.82, 2.24) is 9.88 Å². The number of pyridine rings is 1. The van der Waals surface area contributed by atoms with Crippen molar-refractivity contribution >= 4 is 11.6 Å². The number of rotatable bonds is 7. The number of ether oxygens (including phenoxy) is 1. The molecule has 5 heteroatoms. The second-order valence-electron chi connectivity index (χ2n) is 5.79. The standard InChI is InChI=1S/C17H27N3O2/c1-3-16-7-4-5-9-20(16)17(21)14-11-15(13-18-12-14)19-8-6-10-22-2/h11-13,16,19H,3-10H2,1-2H3. The van der Waals surface area contributed by atoms with E-state index in [9.17, 15) is 4.79 Å². The zero-order valence-corrected chi connectivity index (χ0v) is 13.7. The lowest BCUT2D eigenvalue weighted by Crippen LogP contribution is -2.43. The summed E-state index contributed by atoms with van der Waals surface area (Å²) in [6, 6.07) is 2.28. The van der Waals surface area contributed by atoms with Crippen LogP contribution < -0.4 is 5.32 Å². The van der Waals surface area contributed by atoms with Crippen LogP contribution in [0.4, 0.5) is 5.69 Å². The minimum Gasteiger partial charge on any atom is -0.385 e. The third kappa shape index (κ3) is 4.44. The number of nitrogens with zero attached hydrogens (tertiary/aromatic N) is 2. The maximum absolute atomic E-state index is 12.7. The molecule has 0 bridgehead atoms. The number of piperidine rings is 1. The first-order valence-electron chi connectivity index (χ1n) is 8.25. The zero-order chi connectivity index (χ0) is 15.8. The quantitative estimate of drug-likeness (QED) is 0.787. The monoisotopic (exact) mass is 305 g/mol. The maximum Gasteiger partial charge on any atom is 0.255 e. The first kappa shape index (κ1) is 16.7. The number of methoxy groups -OCH3 is 1. The second-order valence-corrected chi connectivity index (χ2v) is 5.79. The van der Waals surface area contributed by atoms with Crippen molar-refractivity contribution in [3.8, 4) is 0 Å². The molecule has 1 saturated heterocycles. The number of anilines is 1. The average Bonchev–Trinajstić information content (AvgIpc) is 2.58. The van der Waals surface area contributed by atoms with Gasteiger partial charge in [-0.1, -0.05) is 6.92 Å². The van der Waals surface area contributed by atoms with Crippen molar-refractivity contribution in [2.24, 2.45) is 0 Å². The molecule has 1 unspecified atom stereocenters. The molecule has 122 valence electrons. The van der Waals surface area contributed by atoms with E-state index in [0.29, 0.717) is 11.6 Å². The molecule has 0 saturated carbocycles. The lowest BCUT2D eigenvalue weighted by atomic mass is 9.99. The molecular weight excluding hydrogens is 278 g/mol. The molecule has 1 atom stereocenters. The van der Waals surface area contributed by atoms with E-state index >= 15 is 0 Å². The van der Waals surface area contributed by atoms with Crippen LogP contribution in [0.5, 0.6) is 0 Å². The Morgan fingerprint density at radius 1 is 1.45 bits per heavy atom. The predicted molar refractivity (Wildman–Crippen MR) is 88.2 cm³/mol. The van der Waals surface area contributed by atoms with E-state index in [0.717, 1.165) is 51.1 Å². The summed E-state index contributed by atoms with van der Waals surface area (Å²) in [7, 11) is 1.70. The van der Waals surface area contributed by atoms with Gasteiger partial charge in [-0.05, 0) is 38.2 Å². The Labute approximate surface area is 133 Å². The zero-order valence-electron chi connectivity index (χ0n) is 13.7. The average molecular weight is 305 g/mol. The Bertz CT molecular complexity index is 479. The molecule has 0 aromatic carbocycles. The number of aromatic nitrogens is 1. The molecule has 1 aliphatic rings. The molecule has 5 nitrogen and oxygen atoms in total. The summed E-state index contributed by atoms with van der Waals surface area (Å²) >= 11 is 0. The summed E-state index contributed by atoms with van der Waals surface area (Å²) in [5.74, 6) is 0.111. The number of carbonyl (C=O) groups is 1. The predicted octanol–water partition coefficient (Wildman–Crippen LogP) is 2.93. The molecule has 2 heterocycles. The van der Waals surface area contributed by atoms with Crippen molar-refractivity contribution < 1.29 is 9.53 Å². The van der Waals surface area contributed by atoms with Gasteiger partial charge in [0.05, 0.1) is 11.3 Å². The fourth-order valence-corrected chi connectivity index (χ4v) is 2.96. The van der Waals surface area contributed by atoms with Gasteiger partial charge in [-0.3, -0.25) is 9.78 Å². The number of likely N-dealkylation sites (tertiary alicyclic amines) is 1. The Balaban J connectivity index is 1.99. The normalized spacial score (nSPS) is 18.3. The van der Waals surface area contributed by atoms with Crippen LogP contribution >= 0.6 is 0 Å². The Morgan fingerprint density at radius 3 is 3.09 bits per heavy atom. The highest BCUT2D eigenvalue weighted by atomic mass is 16.5. The van der Waals surface area contributed by atoms with Crippen LogP contribution in [-0.2, 0) is 4.74 Å². The van der Waals surface area contributed by atoms with Gasteiger partial charge < -0.3 is 15.0 Å². The highest BCUT2D eigenvalue weighted by Gasteiger charge is 2.26. The van der Waals surface area contributed by atoms with Crippen molar-refractivity contribution in [3.05, 3.63) is 24.0 Å². The largest absolute Gasteiger partial charge is 0.385 e. The van der Waals surface area contributed by atoms with Crippen LogP contribution in [-0.4, -0.2) is 48.6 Å². The minimum absolute atomic E-state index is 0.111. The lowest BCUT2D eigenvalue weighted by Gasteiger charge is -2.35. The van der Waals surface area contributed by atoms with Gasteiger partial charge >= 0.3 is 0 Å². The molecule has 1 amide bonds. The molecule has 1 aliphatic heterocycles. The lowest BCUT2D eigenvalue weighted by molar-refractivity contribution is 0.0607. The maximum atomic E-state index is 12.7. The molecule has 0 radical (unpaired) electrons. The van der Waals surface area contributed by atoms with Crippen LogP contribution in [0.15, 0.2) is 18.5 Å². The molecule has 1 fully saturated rings. The van der Waals surface area contributed by atoms with Gasteiger partial charge in [-0.2, -0.15) is 0 Å². The fraction of sp³-hybridized carbons (Fsp3) is 0.647. The van der Waals surface area contributed by atoms with Crippen molar-refractivity contribution in [1.29, 1.82) is 0 Å². The first-order valence-corrected chi connectivity index (χ1v) is 8.25. The number of carbonyl (C=O) groups excluding carboxylic acids is 1. The first-order chi connectivity index (χ1) is 10.8. The third-order valence-electron chi connectivity index (χ3n) is 4.20. The van der Waals surface area contributed by atoms with E-state index < -0.39 is 0 Å². The summed E-state index contributed by atoms with van der Waals surface area (Å²) in [6.07, 6.45) is 8.82. The van der Waals surface area contributed by atoms with Crippen molar-refractivity contribution in [3.63, 3.8) is 0 Å². The number of amides is 1. The van der Waals surface area contributed by atoms with E-state index in [-0.39, 0.29) is 5.91 Å². The highest BCUT2D eigenvalue weighted by molar-refractivity contribution is 5.95. The molecule has 1 N–H and O–H groups in total. The summed E-state index contributed by atoms with van der Waals surface area (Å²) in [4.78, 5) is 19.0. The van der Waals surface area contributed by atoms with Crippen LogP contribution in [0, 0.1) is 0 Å². The van der Waals surface area contributed by atoms with E-state index in [1.165, 1.54) is 6.42 Å². The Kier molecular flexibility index (Phi) is 6.65. The van der Waals surface area contributed by atoms with Gasteiger partial charge in [0.15, 0.2) is 0 Å². The van der Waals surface area contributed by atoms with E-state index in [1.807, 2.05) is 11.0 Å². The SMILES string of the molecule is CCC1CCCCN1C(=O)c1cncc(NCCCOC)c1. The third-order valence-corrected chi connectivity index (χ3v) is 4.20. The Hall–Kier alpha value is -1.62. The second kappa shape index (κ2) is 8.73. The highest BCUT2D eigenvalue weighted by Crippen LogP contribution is 2.22. The Morgan fingerprint density at radius 2 is 2.32 bits per heavy atom. The van der Waals surface area contributed by atoms with Gasteiger partial charge in [-0.25, -0.2) is 0 Å². The summed E-state index contributed by atoms with van der Waals surface area (Å²) < 4.78 is 5.03. The molecule has 1 aromatic heterocycles. The van der Waals surface area contributed by atoms with Crippen LogP contribution in [0.3, 0.4) is 0 Å². The van der Waals surface area contributed by atoms with Crippen LogP contribution in [0.2, 0.25) is 0 Å². The molecule has 0 spiro atoms. The number of nitrogens with one attached hydrogen (secondary N) is 1. The number of hydrogen-bond donors (Lipinski definition) is 1. The van der Waals surface area contributed by atoms with E-state index in [4.69, 9.17) is 4.74 Å². The van der Waals surface area contributed by atoms with Gasteiger partial charge in [0.25, 0.3) is 5.91 Å². The van der Waals surface area contributed by atoms with Gasteiger partial charge in [0, 0.05) is 45.2 Å². The smallest absolute Gasteiger partial charge is 0.255 e. The van der Waals surface area contributed by atoms with E-state index in [1.54, 1.807) is 19.5 Å². The number of hydrogen-bond acceptors (Lipinski definition) is 4. The van der Waals surface area contributed by atoms with Gasteiger partial charge in [0.2, 0.25) is 0 Å². The van der Waals surface area contributed by atoms with Crippen LogP contribution in [0.25, 0.3) is 0 Å². The summed E-state index contributed by atoms with van der Waals surface area (Å²) in [5.41, 5.74) is 1.57. The van der Waals surface area contributed by atoms with Crippen molar-refractivity contribution in [2.45, 2.75) is 45.1 Å². The van der Waals surface area contributed by atoms with E-state index in [2.05, 4.69) is 17.2 Å². The van der Waals surface area contributed by atoms with Crippen molar-refractivity contribution in [2.75, 3.05) is 32.1 Å². The van der Waals surface area contributed by atoms with Crippen LogP contribution in [0.1, 0.15) is 49.4 Å². The molecule has 22 heavy (non-hydrogen) atoms. The summed E-state index contributed by atoms with van der Waals surface area (Å²) in [6.45, 7) is 4.56. The molecule has 1 aromatic rings. The van der Waals surface area contributed by atoms with Gasteiger partial charge in [-0.15, -0.1) is 0 Å². The molecule has 2 rings (SSSR count). The summed E-state index contributed by atoms with van der Waals surface area (Å²) in [5, 5.41) is 3.29. The topological polar surface area (TPSA) is 54.5 Å². The minimum atomic E-state index is 0.111. The molecule has 0 aliphatic carbocycles. The molecular formula is C17H27N3O2. The van der Waals surface area contributed by atoms with Gasteiger partial charge in [0.1, 0.15) is 0 Å². The fourth-order valence-electron chi connectivity index (χ4n) is 2.96.